The largest absolute Gasteiger partial charge is 0.346 e. The van der Waals surface area contributed by atoms with Crippen molar-refractivity contribution in [2.75, 3.05) is 26.7 Å². The maximum Gasteiger partial charge on any atom is 0.329 e. The van der Waals surface area contributed by atoms with Gasteiger partial charge in [0.05, 0.1) is 10.9 Å². The molecule has 9 heteroatoms. The van der Waals surface area contributed by atoms with Gasteiger partial charge in [-0.05, 0) is 45.1 Å². The number of aromatic amines is 1. The molecule has 0 spiro atoms. The van der Waals surface area contributed by atoms with Crippen LogP contribution < -0.4 is 11.2 Å². The topological polar surface area (TPSA) is 108 Å². The summed E-state index contributed by atoms with van der Waals surface area (Å²) in [6, 6.07) is 1.73. The van der Waals surface area contributed by atoms with Crippen LogP contribution in [0.15, 0.2) is 15.7 Å². The molecule has 3 heterocycles. The molecule has 2 aromatic rings. The second-order valence-corrected chi connectivity index (χ2v) is 9.25. The van der Waals surface area contributed by atoms with Crippen molar-refractivity contribution in [2.24, 2.45) is 5.92 Å². The molecule has 0 bridgehead atoms. The van der Waals surface area contributed by atoms with Crippen LogP contribution in [0.1, 0.15) is 74.3 Å². The molecule has 0 unspecified atom stereocenters. The van der Waals surface area contributed by atoms with Gasteiger partial charge in [-0.3, -0.25) is 23.9 Å². The maximum atomic E-state index is 13.6. The molecule has 1 aliphatic heterocycles. The molecule has 0 radical (unpaired) electrons. The summed E-state index contributed by atoms with van der Waals surface area (Å²) in [5, 5.41) is 0.170. The van der Waals surface area contributed by atoms with Crippen molar-refractivity contribution in [1.82, 2.24) is 24.3 Å². The fraction of sp³-hybridized carbons (Fsp3) is 0.625. The van der Waals surface area contributed by atoms with Crippen molar-refractivity contribution in [3.63, 3.8) is 0 Å². The first kappa shape index (κ1) is 23.2. The SMILES string of the molecule is CCCCN(C)C(=O)C1CCN(C(=O)c2cc(C3CC3)nc3c2c(=O)[nH]c(=O)n3CC)CC1. The number of nitrogens with zero attached hydrogens (tertiary/aromatic N) is 4. The molecule has 178 valence electrons. The third-order valence-electron chi connectivity index (χ3n) is 6.87. The van der Waals surface area contributed by atoms with Crippen molar-refractivity contribution in [3.05, 3.63) is 38.2 Å². The average Bonchev–Trinajstić information content (AvgIpc) is 3.66. The summed E-state index contributed by atoms with van der Waals surface area (Å²) < 4.78 is 1.41. The number of carbonyl (C=O) groups excluding carboxylic acids is 2. The zero-order valence-corrected chi connectivity index (χ0v) is 19.7. The number of hydrogen-bond acceptors (Lipinski definition) is 5. The third-order valence-corrected chi connectivity index (χ3v) is 6.87. The summed E-state index contributed by atoms with van der Waals surface area (Å²) in [7, 11) is 1.84. The number of piperidine rings is 1. The Hall–Kier alpha value is -2.97. The molecule has 0 aromatic carbocycles. The van der Waals surface area contributed by atoms with Crippen molar-refractivity contribution >= 4 is 22.8 Å². The maximum absolute atomic E-state index is 13.6. The van der Waals surface area contributed by atoms with Crippen molar-refractivity contribution in [3.8, 4) is 0 Å². The van der Waals surface area contributed by atoms with Gasteiger partial charge in [-0.25, -0.2) is 9.78 Å². The van der Waals surface area contributed by atoms with Gasteiger partial charge in [0.25, 0.3) is 11.5 Å². The van der Waals surface area contributed by atoms with Gasteiger partial charge in [-0.1, -0.05) is 13.3 Å². The number of fused-ring (bicyclic) bond motifs is 1. The molecule has 2 aliphatic rings. The summed E-state index contributed by atoms with van der Waals surface area (Å²) in [5.41, 5.74) is 0.248. The average molecular weight is 456 g/mol. The monoisotopic (exact) mass is 455 g/mol. The van der Waals surface area contributed by atoms with Crippen LogP contribution in [0.4, 0.5) is 0 Å². The first-order valence-electron chi connectivity index (χ1n) is 12.1. The van der Waals surface area contributed by atoms with Gasteiger partial charge in [0.2, 0.25) is 5.91 Å². The number of aromatic nitrogens is 3. The van der Waals surface area contributed by atoms with E-state index >= 15 is 0 Å². The molecule has 2 fully saturated rings. The third kappa shape index (κ3) is 4.58. The van der Waals surface area contributed by atoms with Crippen LogP contribution >= 0.6 is 0 Å². The Kier molecular flexibility index (Phi) is 6.67. The van der Waals surface area contributed by atoms with E-state index in [2.05, 4.69) is 16.9 Å². The molecule has 4 rings (SSSR count). The standard InChI is InChI=1S/C24H33N5O4/c1-4-6-11-27(3)22(31)16-9-12-28(13-10-16)23(32)17-14-18(15-7-8-15)25-20-19(17)21(30)26-24(33)29(20)5-2/h14-16H,4-13H2,1-3H3,(H,26,30,33). The Labute approximate surface area is 192 Å². The number of aryl methyl sites for hydroxylation is 1. The molecule has 1 saturated heterocycles. The van der Waals surface area contributed by atoms with E-state index < -0.39 is 11.2 Å². The highest BCUT2D eigenvalue weighted by atomic mass is 16.2. The Morgan fingerprint density at radius 2 is 1.85 bits per heavy atom. The molecule has 0 atom stereocenters. The van der Waals surface area contributed by atoms with Crippen molar-refractivity contribution in [1.29, 1.82) is 0 Å². The van der Waals surface area contributed by atoms with E-state index in [1.807, 2.05) is 14.0 Å². The molecule has 1 N–H and O–H groups in total. The molecule has 33 heavy (non-hydrogen) atoms. The van der Waals surface area contributed by atoms with E-state index in [9.17, 15) is 19.2 Å². The molecule has 2 amide bonds. The number of nitrogens with one attached hydrogen (secondary N) is 1. The summed E-state index contributed by atoms with van der Waals surface area (Å²) in [6.45, 7) is 5.94. The van der Waals surface area contributed by atoms with Crippen LogP contribution in [0.5, 0.6) is 0 Å². The second-order valence-electron chi connectivity index (χ2n) is 9.25. The van der Waals surface area contributed by atoms with Gasteiger partial charge < -0.3 is 9.80 Å². The predicted molar refractivity (Wildman–Crippen MR) is 125 cm³/mol. The summed E-state index contributed by atoms with van der Waals surface area (Å²) in [6.07, 6.45) is 5.22. The van der Waals surface area contributed by atoms with Gasteiger partial charge in [-0.2, -0.15) is 0 Å². The lowest BCUT2D eigenvalue weighted by molar-refractivity contribution is -0.135. The lowest BCUT2D eigenvalue weighted by atomic mass is 9.94. The van der Waals surface area contributed by atoms with Crippen LogP contribution in [0, 0.1) is 5.92 Å². The fourth-order valence-electron chi connectivity index (χ4n) is 4.66. The zero-order chi connectivity index (χ0) is 23.7. The van der Waals surface area contributed by atoms with Crippen LogP contribution in [-0.2, 0) is 11.3 Å². The predicted octanol–water partition coefficient (Wildman–Crippen LogP) is 2.09. The minimum absolute atomic E-state index is 0.0826. The normalized spacial score (nSPS) is 16.9. The lowest BCUT2D eigenvalue weighted by Crippen LogP contribution is -2.44. The van der Waals surface area contributed by atoms with Crippen LogP contribution in [-0.4, -0.2) is 62.8 Å². The van der Waals surface area contributed by atoms with Crippen molar-refractivity contribution in [2.45, 2.75) is 64.8 Å². The Morgan fingerprint density at radius 3 is 2.45 bits per heavy atom. The van der Waals surface area contributed by atoms with E-state index in [-0.39, 0.29) is 34.7 Å². The van der Waals surface area contributed by atoms with Gasteiger partial charge >= 0.3 is 5.69 Å². The minimum Gasteiger partial charge on any atom is -0.346 e. The van der Waals surface area contributed by atoms with Crippen LogP contribution in [0.3, 0.4) is 0 Å². The van der Waals surface area contributed by atoms with Gasteiger partial charge in [0, 0.05) is 50.8 Å². The second kappa shape index (κ2) is 9.49. The highest BCUT2D eigenvalue weighted by Gasteiger charge is 2.33. The fourth-order valence-corrected chi connectivity index (χ4v) is 4.66. The van der Waals surface area contributed by atoms with E-state index in [1.54, 1.807) is 15.9 Å². The van der Waals surface area contributed by atoms with Crippen LogP contribution in [0.2, 0.25) is 0 Å². The van der Waals surface area contributed by atoms with E-state index in [0.717, 1.165) is 37.9 Å². The van der Waals surface area contributed by atoms with Gasteiger partial charge in [0.15, 0.2) is 5.65 Å². The first-order valence-corrected chi connectivity index (χ1v) is 12.1. The number of unbranched alkanes of at least 4 members (excludes halogenated alkanes) is 1. The minimum atomic E-state index is -0.583. The lowest BCUT2D eigenvalue weighted by Gasteiger charge is -2.33. The molecule has 9 nitrogen and oxygen atoms in total. The molecule has 2 aromatic heterocycles. The number of rotatable bonds is 7. The van der Waals surface area contributed by atoms with Crippen molar-refractivity contribution < 1.29 is 9.59 Å². The number of pyridine rings is 1. The number of amides is 2. The van der Waals surface area contributed by atoms with Gasteiger partial charge in [-0.15, -0.1) is 0 Å². The number of likely N-dealkylation sites (tertiary alicyclic amines) is 1. The highest BCUT2D eigenvalue weighted by Crippen LogP contribution is 2.40. The number of H-pyrrole nitrogens is 1. The van der Waals surface area contributed by atoms with Gasteiger partial charge in [0.1, 0.15) is 0 Å². The van der Waals surface area contributed by atoms with E-state index in [1.165, 1.54) is 4.57 Å². The Bertz CT molecular complexity index is 1170. The smallest absolute Gasteiger partial charge is 0.329 e. The Balaban J connectivity index is 1.61. The first-order chi connectivity index (χ1) is 15.8. The Morgan fingerprint density at radius 1 is 1.15 bits per heavy atom. The number of hydrogen-bond donors (Lipinski definition) is 1. The zero-order valence-electron chi connectivity index (χ0n) is 19.7. The summed E-state index contributed by atoms with van der Waals surface area (Å²) in [4.78, 5) is 61.8. The number of carbonyl (C=O) groups is 2. The summed E-state index contributed by atoms with van der Waals surface area (Å²) >= 11 is 0. The van der Waals surface area contributed by atoms with Crippen LogP contribution in [0.25, 0.3) is 11.0 Å². The summed E-state index contributed by atoms with van der Waals surface area (Å²) in [5.74, 6) is 0.0918. The van der Waals surface area contributed by atoms with E-state index in [0.29, 0.717) is 38.0 Å². The molecule has 1 saturated carbocycles. The molecular formula is C24H33N5O4. The quantitative estimate of drug-likeness (QED) is 0.688. The molecule has 1 aliphatic carbocycles. The van der Waals surface area contributed by atoms with E-state index in [4.69, 9.17) is 0 Å². The molecular weight excluding hydrogens is 422 g/mol. The highest BCUT2D eigenvalue weighted by molar-refractivity contribution is 6.05.